The first kappa shape index (κ1) is 14.4. The Kier molecular flexibility index (Phi) is 4.12. The molecule has 0 radical (unpaired) electrons. The second-order valence-electron chi connectivity index (χ2n) is 4.58. The van der Waals surface area contributed by atoms with Crippen molar-refractivity contribution in [2.75, 3.05) is 5.73 Å². The molecule has 2 N–H and O–H groups in total. The Hall–Kier alpha value is -1.59. The Labute approximate surface area is 134 Å². The van der Waals surface area contributed by atoms with E-state index in [1.807, 2.05) is 18.2 Å². The van der Waals surface area contributed by atoms with Gasteiger partial charge in [0.25, 0.3) is 0 Å². The maximum Gasteiger partial charge on any atom is 0.132 e. The highest BCUT2D eigenvalue weighted by Gasteiger charge is 2.08. The Morgan fingerprint density at radius 3 is 2.90 bits per heavy atom. The number of anilines is 1. The molecule has 0 amide bonds. The SMILES string of the molecule is Nc1ccc(Br)cc1SCc1ccc(F)c2cccnc12. The van der Waals surface area contributed by atoms with Gasteiger partial charge in [-0.2, -0.15) is 0 Å². The highest BCUT2D eigenvalue weighted by atomic mass is 79.9. The van der Waals surface area contributed by atoms with Gasteiger partial charge in [0.1, 0.15) is 5.82 Å². The van der Waals surface area contributed by atoms with Gasteiger partial charge in [-0.15, -0.1) is 11.8 Å². The number of hydrogen-bond donors (Lipinski definition) is 1. The van der Waals surface area contributed by atoms with Crippen molar-refractivity contribution >= 4 is 44.3 Å². The van der Waals surface area contributed by atoms with Crippen molar-refractivity contribution in [3.63, 3.8) is 0 Å². The predicted octanol–water partition coefficient (Wildman–Crippen LogP) is 5.01. The summed E-state index contributed by atoms with van der Waals surface area (Å²) < 4.78 is 14.8. The van der Waals surface area contributed by atoms with Crippen LogP contribution in [0.25, 0.3) is 10.9 Å². The summed E-state index contributed by atoms with van der Waals surface area (Å²) in [7, 11) is 0. The first-order valence-electron chi connectivity index (χ1n) is 6.35. The zero-order valence-electron chi connectivity index (χ0n) is 11.0. The fraction of sp³-hybridized carbons (Fsp3) is 0.0625. The Morgan fingerprint density at radius 1 is 1.19 bits per heavy atom. The van der Waals surface area contributed by atoms with Crippen LogP contribution in [-0.4, -0.2) is 4.98 Å². The van der Waals surface area contributed by atoms with E-state index in [-0.39, 0.29) is 5.82 Å². The summed E-state index contributed by atoms with van der Waals surface area (Å²) in [6, 6.07) is 12.5. The van der Waals surface area contributed by atoms with Crippen LogP contribution < -0.4 is 5.73 Å². The molecule has 3 aromatic rings. The van der Waals surface area contributed by atoms with Crippen molar-refractivity contribution in [3.8, 4) is 0 Å². The van der Waals surface area contributed by atoms with E-state index in [0.29, 0.717) is 16.7 Å². The van der Waals surface area contributed by atoms with Gasteiger partial charge in [-0.25, -0.2) is 4.39 Å². The normalized spacial score (nSPS) is 11.0. The van der Waals surface area contributed by atoms with Crippen molar-refractivity contribution in [1.29, 1.82) is 0 Å². The Morgan fingerprint density at radius 2 is 2.05 bits per heavy atom. The van der Waals surface area contributed by atoms with Crippen LogP contribution in [0.3, 0.4) is 0 Å². The third kappa shape index (κ3) is 3.04. The molecule has 0 atom stereocenters. The molecular formula is C16H12BrFN2S. The third-order valence-electron chi connectivity index (χ3n) is 3.16. The zero-order valence-corrected chi connectivity index (χ0v) is 13.4. The minimum absolute atomic E-state index is 0.242. The van der Waals surface area contributed by atoms with Gasteiger partial charge in [-0.3, -0.25) is 4.98 Å². The maximum atomic E-state index is 13.8. The monoisotopic (exact) mass is 362 g/mol. The number of rotatable bonds is 3. The van der Waals surface area contributed by atoms with Gasteiger partial charge in [0, 0.05) is 32.4 Å². The van der Waals surface area contributed by atoms with Gasteiger partial charge >= 0.3 is 0 Å². The van der Waals surface area contributed by atoms with Gasteiger partial charge in [0.15, 0.2) is 0 Å². The molecule has 0 aliphatic heterocycles. The number of pyridine rings is 1. The molecule has 2 aromatic carbocycles. The predicted molar refractivity (Wildman–Crippen MR) is 89.8 cm³/mol. The molecule has 2 nitrogen and oxygen atoms in total. The summed E-state index contributed by atoms with van der Waals surface area (Å²) in [6.07, 6.45) is 1.68. The summed E-state index contributed by atoms with van der Waals surface area (Å²) in [6.45, 7) is 0. The molecular weight excluding hydrogens is 351 g/mol. The van der Waals surface area contributed by atoms with Crippen molar-refractivity contribution in [3.05, 3.63) is 64.5 Å². The molecule has 3 rings (SSSR count). The van der Waals surface area contributed by atoms with E-state index in [0.717, 1.165) is 20.6 Å². The fourth-order valence-corrected chi connectivity index (χ4v) is 3.60. The smallest absolute Gasteiger partial charge is 0.132 e. The van der Waals surface area contributed by atoms with Crippen LogP contribution in [0.4, 0.5) is 10.1 Å². The zero-order chi connectivity index (χ0) is 14.8. The highest BCUT2D eigenvalue weighted by molar-refractivity contribution is 9.10. The van der Waals surface area contributed by atoms with Crippen LogP contribution in [0.1, 0.15) is 5.56 Å². The molecule has 1 aromatic heterocycles. The second-order valence-corrected chi connectivity index (χ2v) is 6.51. The molecule has 106 valence electrons. The number of halogens is 2. The number of hydrogen-bond acceptors (Lipinski definition) is 3. The molecule has 1 heterocycles. The van der Waals surface area contributed by atoms with E-state index in [1.165, 1.54) is 6.07 Å². The quantitative estimate of drug-likeness (QED) is 0.525. The molecule has 0 fully saturated rings. The second kappa shape index (κ2) is 6.03. The van der Waals surface area contributed by atoms with E-state index in [2.05, 4.69) is 20.9 Å². The molecule has 21 heavy (non-hydrogen) atoms. The van der Waals surface area contributed by atoms with Gasteiger partial charge in [0.2, 0.25) is 0 Å². The minimum Gasteiger partial charge on any atom is -0.398 e. The average Bonchev–Trinajstić information content (AvgIpc) is 2.50. The van der Waals surface area contributed by atoms with Gasteiger partial charge in [-0.05, 0) is 42.0 Å². The molecule has 0 aliphatic rings. The fourth-order valence-electron chi connectivity index (χ4n) is 2.10. The number of thioether (sulfide) groups is 1. The van der Waals surface area contributed by atoms with Gasteiger partial charge in [-0.1, -0.05) is 22.0 Å². The third-order valence-corrected chi connectivity index (χ3v) is 4.77. The van der Waals surface area contributed by atoms with Crippen LogP contribution in [-0.2, 0) is 5.75 Å². The summed E-state index contributed by atoms with van der Waals surface area (Å²) in [5, 5.41) is 0.554. The molecule has 5 heteroatoms. The highest BCUT2D eigenvalue weighted by Crippen LogP contribution is 2.32. The first-order chi connectivity index (χ1) is 10.1. The first-order valence-corrected chi connectivity index (χ1v) is 8.13. The molecule has 0 saturated carbocycles. The maximum absolute atomic E-state index is 13.8. The molecule has 0 aliphatic carbocycles. The number of nitrogen functional groups attached to an aromatic ring is 1. The van der Waals surface area contributed by atoms with E-state index in [1.54, 1.807) is 36.2 Å². The van der Waals surface area contributed by atoms with Crippen LogP contribution in [0.15, 0.2) is 58.0 Å². The lowest BCUT2D eigenvalue weighted by molar-refractivity contribution is 0.639. The summed E-state index contributed by atoms with van der Waals surface area (Å²) in [5.41, 5.74) is 8.42. The summed E-state index contributed by atoms with van der Waals surface area (Å²) in [4.78, 5) is 5.30. The van der Waals surface area contributed by atoms with Crippen LogP contribution in [0, 0.1) is 5.82 Å². The average molecular weight is 363 g/mol. The van der Waals surface area contributed by atoms with Crippen molar-refractivity contribution in [2.24, 2.45) is 0 Å². The van der Waals surface area contributed by atoms with Gasteiger partial charge in [0.05, 0.1) is 5.52 Å². The van der Waals surface area contributed by atoms with Gasteiger partial charge < -0.3 is 5.73 Å². The van der Waals surface area contributed by atoms with Crippen LogP contribution in [0.2, 0.25) is 0 Å². The van der Waals surface area contributed by atoms with E-state index in [4.69, 9.17) is 5.73 Å². The standard InChI is InChI=1S/C16H12BrFN2S/c17-11-4-6-14(19)15(8-11)21-9-10-3-5-13(18)12-2-1-7-20-16(10)12/h1-8H,9,19H2. The lowest BCUT2D eigenvalue weighted by Crippen LogP contribution is -1.92. The number of fused-ring (bicyclic) bond motifs is 1. The van der Waals surface area contributed by atoms with Crippen molar-refractivity contribution in [2.45, 2.75) is 10.6 Å². The topological polar surface area (TPSA) is 38.9 Å². The van der Waals surface area contributed by atoms with Crippen LogP contribution >= 0.6 is 27.7 Å². The van der Waals surface area contributed by atoms with E-state index in [9.17, 15) is 4.39 Å². The Bertz CT molecular complexity index is 807. The largest absolute Gasteiger partial charge is 0.398 e. The molecule has 0 unspecified atom stereocenters. The molecule has 0 saturated heterocycles. The van der Waals surface area contributed by atoms with Crippen molar-refractivity contribution < 1.29 is 4.39 Å². The molecule has 0 spiro atoms. The summed E-state index contributed by atoms with van der Waals surface area (Å²) in [5.74, 6) is 0.447. The number of nitrogens with two attached hydrogens (primary N) is 1. The number of aromatic nitrogens is 1. The Balaban J connectivity index is 1.92. The van der Waals surface area contributed by atoms with Crippen LogP contribution in [0.5, 0.6) is 0 Å². The lowest BCUT2D eigenvalue weighted by Gasteiger charge is -2.08. The molecule has 0 bridgehead atoms. The van der Waals surface area contributed by atoms with E-state index >= 15 is 0 Å². The lowest BCUT2D eigenvalue weighted by atomic mass is 10.1. The number of benzene rings is 2. The minimum atomic E-state index is -0.242. The number of nitrogens with zero attached hydrogens (tertiary/aromatic N) is 1. The summed E-state index contributed by atoms with van der Waals surface area (Å²) >= 11 is 5.06. The van der Waals surface area contributed by atoms with Crippen molar-refractivity contribution in [1.82, 2.24) is 4.98 Å². The van der Waals surface area contributed by atoms with E-state index < -0.39 is 0 Å².